The van der Waals surface area contributed by atoms with E-state index in [1.165, 1.54) is 12.8 Å². The number of carbonyl (C=O) groups is 1. The van der Waals surface area contributed by atoms with Gasteiger partial charge in [-0.05, 0) is 60.5 Å². The highest BCUT2D eigenvalue weighted by molar-refractivity contribution is 5.79. The van der Waals surface area contributed by atoms with Gasteiger partial charge in [0.1, 0.15) is 11.3 Å². The summed E-state index contributed by atoms with van der Waals surface area (Å²) in [5.41, 5.74) is 0.626. The van der Waals surface area contributed by atoms with Crippen LogP contribution in [0, 0.1) is 0 Å². The summed E-state index contributed by atoms with van der Waals surface area (Å²) in [6, 6.07) is 7.70. The van der Waals surface area contributed by atoms with Gasteiger partial charge in [0.2, 0.25) is 5.91 Å². The molecule has 1 aromatic carbocycles. The second-order valence-corrected chi connectivity index (χ2v) is 8.04. The summed E-state index contributed by atoms with van der Waals surface area (Å²) >= 11 is 0. The Labute approximate surface area is 176 Å². The maximum Gasteiger partial charge on any atom is 0.227 e. The molecule has 1 amide bonds. The standard InChI is InChI=1S/C21H30N6O3/c1-29-13-12-27-20(22-23-24-27)21(26-9-3-4-10-26)8-11-25(16-21)19(28)15-17-6-5-7-18(14-17)30-2/h5-7,14H,3-4,8-13,15-16H2,1-2H3/t21-/m0/s1. The van der Waals surface area contributed by atoms with Crippen LogP contribution in [-0.4, -0.2) is 82.9 Å². The van der Waals surface area contributed by atoms with Crippen LogP contribution in [0.3, 0.4) is 0 Å². The number of tetrazole rings is 1. The molecule has 0 radical (unpaired) electrons. The van der Waals surface area contributed by atoms with Gasteiger partial charge in [0.25, 0.3) is 0 Å². The summed E-state index contributed by atoms with van der Waals surface area (Å²) in [4.78, 5) is 17.6. The van der Waals surface area contributed by atoms with Gasteiger partial charge in [0.15, 0.2) is 5.82 Å². The van der Waals surface area contributed by atoms with Gasteiger partial charge in [-0.1, -0.05) is 12.1 Å². The van der Waals surface area contributed by atoms with E-state index in [2.05, 4.69) is 20.4 Å². The summed E-state index contributed by atoms with van der Waals surface area (Å²) in [6.45, 7) is 4.49. The number of ether oxygens (including phenoxy) is 2. The molecule has 1 atom stereocenters. The third kappa shape index (κ3) is 4.04. The van der Waals surface area contributed by atoms with Gasteiger partial charge in [-0.2, -0.15) is 0 Å². The van der Waals surface area contributed by atoms with Crippen molar-refractivity contribution < 1.29 is 14.3 Å². The van der Waals surface area contributed by atoms with Crippen molar-refractivity contribution in [2.45, 2.75) is 37.8 Å². The Morgan fingerprint density at radius 3 is 2.80 bits per heavy atom. The zero-order valence-electron chi connectivity index (χ0n) is 17.8. The topological polar surface area (TPSA) is 85.6 Å². The van der Waals surface area contributed by atoms with E-state index in [4.69, 9.17) is 9.47 Å². The molecule has 0 N–H and O–H groups in total. The van der Waals surface area contributed by atoms with Crippen molar-refractivity contribution >= 4 is 5.91 Å². The van der Waals surface area contributed by atoms with E-state index < -0.39 is 0 Å². The monoisotopic (exact) mass is 414 g/mol. The lowest BCUT2D eigenvalue weighted by atomic mass is 9.95. The Morgan fingerprint density at radius 1 is 1.20 bits per heavy atom. The number of nitrogens with zero attached hydrogens (tertiary/aromatic N) is 6. The largest absolute Gasteiger partial charge is 0.497 e. The molecule has 3 heterocycles. The summed E-state index contributed by atoms with van der Waals surface area (Å²) in [7, 11) is 3.31. The van der Waals surface area contributed by atoms with E-state index >= 15 is 0 Å². The minimum atomic E-state index is -0.336. The Morgan fingerprint density at radius 2 is 2.03 bits per heavy atom. The van der Waals surface area contributed by atoms with Gasteiger partial charge in [-0.25, -0.2) is 4.68 Å². The highest BCUT2D eigenvalue weighted by Gasteiger charge is 2.50. The molecule has 2 saturated heterocycles. The molecule has 4 rings (SSSR count). The van der Waals surface area contributed by atoms with E-state index in [9.17, 15) is 4.79 Å². The zero-order chi connectivity index (χ0) is 21.0. The number of hydrogen-bond donors (Lipinski definition) is 0. The Balaban J connectivity index is 1.55. The van der Waals surface area contributed by atoms with Crippen LogP contribution in [0.5, 0.6) is 5.75 Å². The molecule has 0 unspecified atom stereocenters. The lowest BCUT2D eigenvalue weighted by molar-refractivity contribution is -0.130. The lowest BCUT2D eigenvalue weighted by Crippen LogP contribution is -2.49. The van der Waals surface area contributed by atoms with Crippen molar-refractivity contribution in [3.8, 4) is 5.75 Å². The van der Waals surface area contributed by atoms with Gasteiger partial charge in [0, 0.05) is 20.2 Å². The first-order chi connectivity index (χ1) is 14.7. The van der Waals surface area contributed by atoms with Crippen LogP contribution in [-0.2, 0) is 28.0 Å². The molecule has 2 aliphatic rings. The summed E-state index contributed by atoms with van der Waals surface area (Å²) < 4.78 is 12.4. The fourth-order valence-corrected chi connectivity index (χ4v) is 4.67. The van der Waals surface area contributed by atoms with Crippen LogP contribution in [0.25, 0.3) is 0 Å². The summed E-state index contributed by atoms with van der Waals surface area (Å²) in [6.07, 6.45) is 3.53. The lowest BCUT2D eigenvalue weighted by Gasteiger charge is -2.37. The molecule has 2 fully saturated rings. The van der Waals surface area contributed by atoms with Gasteiger partial charge < -0.3 is 14.4 Å². The first kappa shape index (κ1) is 20.7. The molecule has 0 saturated carbocycles. The zero-order valence-corrected chi connectivity index (χ0v) is 17.8. The minimum Gasteiger partial charge on any atom is -0.497 e. The van der Waals surface area contributed by atoms with Gasteiger partial charge in [-0.15, -0.1) is 5.10 Å². The highest BCUT2D eigenvalue weighted by atomic mass is 16.5. The minimum absolute atomic E-state index is 0.125. The number of amides is 1. The van der Waals surface area contributed by atoms with Crippen LogP contribution >= 0.6 is 0 Å². The third-order valence-corrected chi connectivity index (χ3v) is 6.26. The summed E-state index contributed by atoms with van der Waals surface area (Å²) in [5, 5.41) is 12.6. The molecule has 9 nitrogen and oxygen atoms in total. The molecule has 2 aromatic rings. The number of likely N-dealkylation sites (tertiary alicyclic amines) is 2. The average molecular weight is 415 g/mol. The molecule has 1 aromatic heterocycles. The van der Waals surface area contributed by atoms with Gasteiger partial charge >= 0.3 is 0 Å². The Hall–Kier alpha value is -2.52. The fourth-order valence-electron chi connectivity index (χ4n) is 4.67. The van der Waals surface area contributed by atoms with Crippen LogP contribution in [0.2, 0.25) is 0 Å². The molecule has 2 aliphatic heterocycles. The first-order valence-corrected chi connectivity index (χ1v) is 10.6. The predicted molar refractivity (Wildman–Crippen MR) is 110 cm³/mol. The van der Waals surface area contributed by atoms with Crippen molar-refractivity contribution in [2.24, 2.45) is 0 Å². The van der Waals surface area contributed by atoms with Crippen LogP contribution in [0.1, 0.15) is 30.7 Å². The maximum absolute atomic E-state index is 13.1. The Kier molecular flexibility index (Phi) is 6.29. The Bertz CT molecular complexity index is 866. The van der Waals surface area contributed by atoms with Gasteiger partial charge in [-0.3, -0.25) is 9.69 Å². The molecular formula is C21H30N6O3. The van der Waals surface area contributed by atoms with Crippen molar-refractivity contribution in [2.75, 3.05) is 47.0 Å². The SMILES string of the molecule is COCCn1nnnc1[C@]1(N2CCCC2)CCN(C(=O)Cc2cccc(OC)c2)C1. The van der Waals surface area contributed by atoms with Crippen LogP contribution in [0.4, 0.5) is 0 Å². The van der Waals surface area contributed by atoms with Gasteiger partial charge in [0.05, 0.1) is 26.7 Å². The maximum atomic E-state index is 13.1. The highest BCUT2D eigenvalue weighted by Crippen LogP contribution is 2.39. The number of carbonyl (C=O) groups excluding carboxylic acids is 1. The van der Waals surface area contributed by atoms with E-state index in [0.29, 0.717) is 32.7 Å². The molecule has 0 aliphatic carbocycles. The molecular weight excluding hydrogens is 384 g/mol. The van der Waals surface area contributed by atoms with E-state index in [-0.39, 0.29) is 11.4 Å². The molecule has 162 valence electrons. The number of hydrogen-bond acceptors (Lipinski definition) is 7. The first-order valence-electron chi connectivity index (χ1n) is 10.6. The second-order valence-electron chi connectivity index (χ2n) is 8.04. The smallest absolute Gasteiger partial charge is 0.227 e. The third-order valence-electron chi connectivity index (χ3n) is 6.26. The second kappa shape index (κ2) is 9.09. The van der Waals surface area contributed by atoms with E-state index in [1.54, 1.807) is 14.2 Å². The van der Waals surface area contributed by atoms with E-state index in [1.807, 2.05) is 33.8 Å². The van der Waals surface area contributed by atoms with Crippen molar-refractivity contribution in [1.29, 1.82) is 0 Å². The number of methoxy groups -OCH3 is 2. The summed E-state index contributed by atoms with van der Waals surface area (Å²) in [5.74, 6) is 1.74. The fraction of sp³-hybridized carbons (Fsp3) is 0.619. The number of rotatable bonds is 8. The van der Waals surface area contributed by atoms with E-state index in [0.717, 1.165) is 36.6 Å². The molecule has 30 heavy (non-hydrogen) atoms. The van der Waals surface area contributed by atoms with Crippen molar-refractivity contribution in [1.82, 2.24) is 30.0 Å². The normalized spacial score (nSPS) is 22.0. The van der Waals surface area contributed by atoms with Crippen LogP contribution < -0.4 is 4.74 Å². The van der Waals surface area contributed by atoms with Crippen molar-refractivity contribution in [3.05, 3.63) is 35.7 Å². The predicted octanol–water partition coefficient (Wildman–Crippen LogP) is 1.09. The number of aromatic nitrogens is 4. The average Bonchev–Trinajstić information content (AvgIpc) is 3.53. The molecule has 0 spiro atoms. The molecule has 9 heteroatoms. The number of benzene rings is 1. The van der Waals surface area contributed by atoms with Crippen LogP contribution in [0.15, 0.2) is 24.3 Å². The van der Waals surface area contributed by atoms with Crippen molar-refractivity contribution in [3.63, 3.8) is 0 Å². The quantitative estimate of drug-likeness (QED) is 0.639. The molecule has 0 bridgehead atoms.